The lowest BCUT2D eigenvalue weighted by atomic mass is 9.78. The lowest BCUT2D eigenvalue weighted by molar-refractivity contribution is -0.137. The maximum atomic E-state index is 13.3. The van der Waals surface area contributed by atoms with E-state index < -0.39 is 5.54 Å². The number of morpholine rings is 1. The Labute approximate surface area is 171 Å². The first-order valence-corrected chi connectivity index (χ1v) is 11.0. The van der Waals surface area contributed by atoms with E-state index >= 15 is 0 Å². The number of amides is 2. The van der Waals surface area contributed by atoms with Gasteiger partial charge in [-0.3, -0.25) is 19.4 Å². The molecule has 0 aliphatic carbocycles. The van der Waals surface area contributed by atoms with Crippen molar-refractivity contribution < 1.29 is 14.3 Å². The highest BCUT2D eigenvalue weighted by molar-refractivity contribution is 6.09. The third-order valence-electron chi connectivity index (χ3n) is 7.14. The van der Waals surface area contributed by atoms with Crippen molar-refractivity contribution in [2.75, 3.05) is 51.3 Å². The average molecular weight is 399 g/mol. The Balaban J connectivity index is 1.31. The first-order valence-electron chi connectivity index (χ1n) is 11.0. The van der Waals surface area contributed by atoms with Crippen molar-refractivity contribution in [3.8, 4) is 0 Å². The number of ether oxygens (including phenoxy) is 1. The summed E-state index contributed by atoms with van der Waals surface area (Å²) in [6, 6.07) is 8.20. The van der Waals surface area contributed by atoms with E-state index in [0.717, 1.165) is 76.3 Å². The molecule has 1 spiro atoms. The molecule has 1 aromatic rings. The number of hydrogen-bond donors (Lipinski definition) is 2. The third kappa shape index (κ3) is 3.07. The van der Waals surface area contributed by atoms with Crippen molar-refractivity contribution in [3.05, 3.63) is 29.8 Å². The van der Waals surface area contributed by atoms with Crippen LogP contribution in [0.15, 0.2) is 24.3 Å². The van der Waals surface area contributed by atoms with E-state index in [1.807, 2.05) is 24.3 Å². The molecule has 1 aromatic carbocycles. The molecule has 29 heavy (non-hydrogen) atoms. The number of carbonyl (C=O) groups excluding carboxylic acids is 2. The van der Waals surface area contributed by atoms with Crippen LogP contribution in [0.1, 0.15) is 31.2 Å². The van der Waals surface area contributed by atoms with Gasteiger partial charge in [0, 0.05) is 36.9 Å². The van der Waals surface area contributed by atoms with Gasteiger partial charge in [0.2, 0.25) is 11.8 Å². The minimum absolute atomic E-state index is 0.0215. The summed E-state index contributed by atoms with van der Waals surface area (Å²) in [6.07, 6.45) is 3.84. The van der Waals surface area contributed by atoms with Crippen LogP contribution in [0.2, 0.25) is 0 Å². The summed E-state index contributed by atoms with van der Waals surface area (Å²) >= 11 is 0. The van der Waals surface area contributed by atoms with Gasteiger partial charge in [-0.2, -0.15) is 0 Å². The molecule has 0 aromatic heterocycles. The molecule has 2 amide bonds. The van der Waals surface area contributed by atoms with Gasteiger partial charge in [0.05, 0.1) is 19.1 Å². The number of para-hydroxylation sites is 1. The second-order valence-corrected chi connectivity index (χ2v) is 8.64. The summed E-state index contributed by atoms with van der Waals surface area (Å²) in [6.45, 7) is 6.02. The average Bonchev–Trinajstić information content (AvgIpc) is 3.40. The summed E-state index contributed by atoms with van der Waals surface area (Å²) in [5.41, 5.74) is 0.990. The Morgan fingerprint density at radius 1 is 1.24 bits per heavy atom. The minimum atomic E-state index is -0.841. The molecule has 0 bridgehead atoms. The van der Waals surface area contributed by atoms with E-state index in [2.05, 4.69) is 20.4 Å². The van der Waals surface area contributed by atoms with Crippen molar-refractivity contribution in [3.63, 3.8) is 0 Å². The Morgan fingerprint density at radius 2 is 2.07 bits per heavy atom. The van der Waals surface area contributed by atoms with Gasteiger partial charge in [-0.15, -0.1) is 0 Å². The topological polar surface area (TPSA) is 73.9 Å². The van der Waals surface area contributed by atoms with E-state index in [1.165, 1.54) is 0 Å². The molecular weight excluding hydrogens is 368 g/mol. The molecule has 7 heteroatoms. The van der Waals surface area contributed by atoms with Gasteiger partial charge in [0.15, 0.2) is 0 Å². The zero-order chi connectivity index (χ0) is 19.8. The van der Waals surface area contributed by atoms with E-state index in [-0.39, 0.29) is 17.7 Å². The normalized spacial score (nSPS) is 31.7. The van der Waals surface area contributed by atoms with E-state index in [4.69, 9.17) is 4.74 Å². The molecule has 4 aliphatic rings. The zero-order valence-electron chi connectivity index (χ0n) is 16.9. The van der Waals surface area contributed by atoms with Gasteiger partial charge in [-0.25, -0.2) is 0 Å². The lowest BCUT2D eigenvalue weighted by Crippen LogP contribution is -2.54. The van der Waals surface area contributed by atoms with Gasteiger partial charge in [-0.1, -0.05) is 18.2 Å². The number of nitrogens with zero attached hydrogens (tertiary/aromatic N) is 2. The fourth-order valence-corrected chi connectivity index (χ4v) is 5.84. The number of hydrogen-bond acceptors (Lipinski definition) is 5. The van der Waals surface area contributed by atoms with Crippen LogP contribution in [-0.2, 0) is 19.9 Å². The number of carbonyl (C=O) groups is 2. The summed E-state index contributed by atoms with van der Waals surface area (Å²) in [5, 5.41) is 6.21. The number of anilines is 1. The quantitative estimate of drug-likeness (QED) is 0.728. The maximum absolute atomic E-state index is 13.3. The standard InChI is InChI=1S/C22H30N4O3/c27-20(23-8-4-9-25-11-13-29-14-12-25)18-15-16-5-3-10-26(16)22(18)17-6-1-2-7-19(17)24-21(22)28/h1-2,6-7,16,18H,3-5,8-15H2,(H,23,27)(H,24,28)/t16-,18-,22+/m1/s1. The molecule has 4 aliphatic heterocycles. The highest BCUT2D eigenvalue weighted by atomic mass is 16.5. The largest absolute Gasteiger partial charge is 0.379 e. The molecule has 3 atom stereocenters. The predicted molar refractivity (Wildman–Crippen MR) is 109 cm³/mol. The van der Waals surface area contributed by atoms with Crippen LogP contribution in [0.3, 0.4) is 0 Å². The van der Waals surface area contributed by atoms with Crippen molar-refractivity contribution in [1.82, 2.24) is 15.1 Å². The Kier molecular flexibility index (Phi) is 5.05. The highest BCUT2D eigenvalue weighted by Gasteiger charge is 2.65. The monoisotopic (exact) mass is 398 g/mol. The van der Waals surface area contributed by atoms with Crippen LogP contribution in [0.5, 0.6) is 0 Å². The highest BCUT2D eigenvalue weighted by Crippen LogP contribution is 2.55. The molecule has 3 saturated heterocycles. The van der Waals surface area contributed by atoms with Gasteiger partial charge in [-0.05, 0) is 44.8 Å². The first kappa shape index (κ1) is 19.0. The van der Waals surface area contributed by atoms with E-state index in [9.17, 15) is 9.59 Å². The van der Waals surface area contributed by atoms with Crippen LogP contribution in [0.4, 0.5) is 5.69 Å². The second-order valence-electron chi connectivity index (χ2n) is 8.64. The third-order valence-corrected chi connectivity index (χ3v) is 7.14. The Hall–Kier alpha value is -1.96. The molecule has 7 nitrogen and oxygen atoms in total. The minimum Gasteiger partial charge on any atom is -0.379 e. The summed E-state index contributed by atoms with van der Waals surface area (Å²) < 4.78 is 5.39. The first-order chi connectivity index (χ1) is 14.2. The van der Waals surface area contributed by atoms with Gasteiger partial charge in [0.1, 0.15) is 5.54 Å². The van der Waals surface area contributed by atoms with Crippen LogP contribution in [0.25, 0.3) is 0 Å². The molecular formula is C22H30N4O3. The smallest absolute Gasteiger partial charge is 0.250 e. The molecule has 0 radical (unpaired) electrons. The van der Waals surface area contributed by atoms with Gasteiger partial charge in [0.25, 0.3) is 0 Å². The van der Waals surface area contributed by atoms with Gasteiger partial charge < -0.3 is 15.4 Å². The SMILES string of the molecule is O=C(NCCCN1CCOCC1)[C@H]1C[C@H]2CCCN2[C@]12C(=O)Nc1ccccc12. The Bertz CT molecular complexity index is 794. The fourth-order valence-electron chi connectivity index (χ4n) is 5.84. The van der Waals surface area contributed by atoms with E-state index in [1.54, 1.807) is 0 Å². The van der Waals surface area contributed by atoms with Crippen molar-refractivity contribution in [2.45, 2.75) is 37.3 Å². The second kappa shape index (κ2) is 7.70. The van der Waals surface area contributed by atoms with E-state index in [0.29, 0.717) is 12.6 Å². The summed E-state index contributed by atoms with van der Waals surface area (Å²) in [5.74, 6) is -0.343. The van der Waals surface area contributed by atoms with Crippen LogP contribution in [-0.4, -0.2) is 73.6 Å². The number of rotatable bonds is 5. The van der Waals surface area contributed by atoms with Crippen molar-refractivity contribution in [1.29, 1.82) is 0 Å². The molecule has 5 rings (SSSR count). The molecule has 3 fully saturated rings. The van der Waals surface area contributed by atoms with Crippen molar-refractivity contribution >= 4 is 17.5 Å². The Morgan fingerprint density at radius 3 is 2.93 bits per heavy atom. The van der Waals surface area contributed by atoms with Crippen LogP contribution >= 0.6 is 0 Å². The lowest BCUT2D eigenvalue weighted by Gasteiger charge is -2.36. The molecule has 156 valence electrons. The van der Waals surface area contributed by atoms with Gasteiger partial charge >= 0.3 is 0 Å². The number of nitrogens with one attached hydrogen (secondary N) is 2. The predicted octanol–water partition coefficient (Wildman–Crippen LogP) is 1.16. The molecule has 4 heterocycles. The molecule has 2 N–H and O–H groups in total. The van der Waals surface area contributed by atoms with Crippen molar-refractivity contribution in [2.24, 2.45) is 5.92 Å². The number of fused-ring (bicyclic) bond motifs is 4. The molecule has 0 unspecified atom stereocenters. The van der Waals surface area contributed by atoms with Crippen LogP contribution in [0, 0.1) is 5.92 Å². The zero-order valence-corrected chi connectivity index (χ0v) is 16.9. The number of benzene rings is 1. The maximum Gasteiger partial charge on any atom is 0.250 e. The van der Waals surface area contributed by atoms with Crippen LogP contribution < -0.4 is 10.6 Å². The fraction of sp³-hybridized carbons (Fsp3) is 0.636. The molecule has 0 saturated carbocycles. The summed E-state index contributed by atoms with van der Waals surface area (Å²) in [7, 11) is 0. The summed E-state index contributed by atoms with van der Waals surface area (Å²) in [4.78, 5) is 31.3.